The van der Waals surface area contributed by atoms with E-state index < -0.39 is 0 Å². The molecule has 0 saturated heterocycles. The van der Waals surface area contributed by atoms with Crippen LogP contribution in [0.5, 0.6) is 0 Å². The summed E-state index contributed by atoms with van der Waals surface area (Å²) in [5.41, 5.74) is 2.61. The number of esters is 1. The van der Waals surface area contributed by atoms with Gasteiger partial charge in [-0.15, -0.1) is 0 Å². The molecule has 0 spiro atoms. The van der Waals surface area contributed by atoms with Crippen molar-refractivity contribution < 1.29 is 9.53 Å². The van der Waals surface area contributed by atoms with Gasteiger partial charge in [0.1, 0.15) is 0 Å². The van der Waals surface area contributed by atoms with Crippen LogP contribution in [-0.2, 0) is 9.53 Å². The standard InChI is InChI=1S/C16H14BrNO2/c1-2-20-16(19)10-15(13-4-3-9-18-11-13)12-5-7-14(17)8-6-12/h3-11H,2H2,1H3/b15-10+. The molecule has 1 aromatic heterocycles. The third-order valence-corrected chi connectivity index (χ3v) is 3.21. The summed E-state index contributed by atoms with van der Waals surface area (Å²) in [6.45, 7) is 2.14. The van der Waals surface area contributed by atoms with Crippen LogP contribution < -0.4 is 0 Å². The van der Waals surface area contributed by atoms with E-state index >= 15 is 0 Å². The van der Waals surface area contributed by atoms with E-state index in [9.17, 15) is 4.79 Å². The highest BCUT2D eigenvalue weighted by Gasteiger charge is 2.08. The van der Waals surface area contributed by atoms with Crippen LogP contribution in [0.15, 0.2) is 59.3 Å². The van der Waals surface area contributed by atoms with Crippen LogP contribution in [0.25, 0.3) is 5.57 Å². The first kappa shape index (κ1) is 14.5. The summed E-state index contributed by atoms with van der Waals surface area (Å²) in [4.78, 5) is 15.8. The summed E-state index contributed by atoms with van der Waals surface area (Å²) in [6.07, 6.45) is 4.93. The molecule has 0 aliphatic rings. The summed E-state index contributed by atoms with van der Waals surface area (Å²) in [7, 11) is 0. The lowest BCUT2D eigenvalue weighted by atomic mass is 9.99. The van der Waals surface area contributed by atoms with Crippen LogP contribution in [0, 0.1) is 0 Å². The average Bonchev–Trinajstić information content (AvgIpc) is 2.47. The number of pyridine rings is 1. The molecule has 1 aromatic carbocycles. The van der Waals surface area contributed by atoms with Crippen LogP contribution in [0.1, 0.15) is 18.1 Å². The normalized spacial score (nSPS) is 11.2. The van der Waals surface area contributed by atoms with Gasteiger partial charge >= 0.3 is 5.97 Å². The number of aromatic nitrogens is 1. The number of ether oxygens (including phenoxy) is 1. The zero-order valence-electron chi connectivity index (χ0n) is 11.0. The zero-order valence-corrected chi connectivity index (χ0v) is 12.6. The second-order valence-electron chi connectivity index (χ2n) is 4.06. The maximum atomic E-state index is 11.7. The topological polar surface area (TPSA) is 39.2 Å². The summed E-state index contributed by atoms with van der Waals surface area (Å²) in [5, 5.41) is 0. The van der Waals surface area contributed by atoms with Crippen molar-refractivity contribution in [2.45, 2.75) is 6.92 Å². The molecular weight excluding hydrogens is 318 g/mol. The lowest BCUT2D eigenvalue weighted by molar-refractivity contribution is -0.137. The highest BCUT2D eigenvalue weighted by atomic mass is 79.9. The van der Waals surface area contributed by atoms with Gasteiger partial charge in [0, 0.05) is 28.5 Å². The fourth-order valence-electron chi connectivity index (χ4n) is 1.79. The maximum Gasteiger partial charge on any atom is 0.331 e. The first-order valence-corrected chi connectivity index (χ1v) is 7.05. The van der Waals surface area contributed by atoms with Crippen molar-refractivity contribution in [1.29, 1.82) is 0 Å². The van der Waals surface area contributed by atoms with E-state index in [4.69, 9.17) is 4.74 Å². The van der Waals surface area contributed by atoms with Gasteiger partial charge < -0.3 is 4.74 Å². The molecule has 0 fully saturated rings. The van der Waals surface area contributed by atoms with Crippen molar-refractivity contribution in [3.8, 4) is 0 Å². The summed E-state index contributed by atoms with van der Waals surface area (Å²) in [6, 6.07) is 11.5. The number of carbonyl (C=O) groups excluding carboxylic acids is 1. The minimum Gasteiger partial charge on any atom is -0.463 e. The van der Waals surface area contributed by atoms with Gasteiger partial charge in [0.25, 0.3) is 0 Å². The van der Waals surface area contributed by atoms with Crippen LogP contribution >= 0.6 is 15.9 Å². The average molecular weight is 332 g/mol. The van der Waals surface area contributed by atoms with Gasteiger partial charge in [0.2, 0.25) is 0 Å². The predicted octanol–water partition coefficient (Wildman–Crippen LogP) is 3.84. The van der Waals surface area contributed by atoms with Crippen molar-refractivity contribution in [2.75, 3.05) is 6.61 Å². The van der Waals surface area contributed by atoms with Gasteiger partial charge in [-0.1, -0.05) is 34.1 Å². The minimum atomic E-state index is -0.353. The van der Waals surface area contributed by atoms with Crippen LogP contribution in [0.3, 0.4) is 0 Å². The van der Waals surface area contributed by atoms with Crippen molar-refractivity contribution in [3.63, 3.8) is 0 Å². The van der Waals surface area contributed by atoms with E-state index in [1.165, 1.54) is 6.08 Å². The number of hydrogen-bond donors (Lipinski definition) is 0. The molecule has 20 heavy (non-hydrogen) atoms. The SMILES string of the molecule is CCOC(=O)/C=C(\c1ccc(Br)cc1)c1cccnc1. The van der Waals surface area contributed by atoms with Gasteiger partial charge in [-0.2, -0.15) is 0 Å². The Morgan fingerprint density at radius 2 is 2.00 bits per heavy atom. The Labute approximate surface area is 126 Å². The van der Waals surface area contributed by atoms with E-state index in [0.29, 0.717) is 6.61 Å². The molecule has 0 aliphatic heterocycles. The molecule has 3 nitrogen and oxygen atoms in total. The first-order chi connectivity index (χ1) is 9.70. The maximum absolute atomic E-state index is 11.7. The van der Waals surface area contributed by atoms with Gasteiger partial charge in [-0.25, -0.2) is 4.79 Å². The smallest absolute Gasteiger partial charge is 0.331 e. The van der Waals surface area contributed by atoms with Crippen LogP contribution in [0.2, 0.25) is 0 Å². The molecule has 0 N–H and O–H groups in total. The Morgan fingerprint density at radius 1 is 1.25 bits per heavy atom. The Balaban J connectivity index is 2.44. The van der Waals surface area contributed by atoms with Gasteiger partial charge in [0.05, 0.1) is 6.61 Å². The zero-order chi connectivity index (χ0) is 14.4. The number of hydrogen-bond acceptors (Lipinski definition) is 3. The van der Waals surface area contributed by atoms with Crippen LogP contribution in [-0.4, -0.2) is 17.6 Å². The molecule has 1 heterocycles. The molecule has 0 bridgehead atoms. The molecule has 4 heteroatoms. The van der Waals surface area contributed by atoms with Crippen molar-refractivity contribution in [1.82, 2.24) is 4.98 Å². The number of carbonyl (C=O) groups is 1. The largest absolute Gasteiger partial charge is 0.463 e. The van der Waals surface area contributed by atoms with Crippen molar-refractivity contribution in [2.24, 2.45) is 0 Å². The number of halogens is 1. The number of rotatable bonds is 4. The summed E-state index contributed by atoms with van der Waals surface area (Å²) >= 11 is 3.40. The number of benzene rings is 1. The lowest BCUT2D eigenvalue weighted by Crippen LogP contribution is -2.02. The molecule has 102 valence electrons. The molecule has 0 unspecified atom stereocenters. The van der Waals surface area contributed by atoms with E-state index in [-0.39, 0.29) is 5.97 Å². The first-order valence-electron chi connectivity index (χ1n) is 6.25. The Hall–Kier alpha value is -1.94. The Kier molecular flexibility index (Phi) is 5.07. The Bertz CT molecular complexity index is 606. The predicted molar refractivity (Wildman–Crippen MR) is 82.1 cm³/mol. The van der Waals surface area contributed by atoms with Crippen molar-refractivity contribution >= 4 is 27.5 Å². The molecule has 2 aromatic rings. The Morgan fingerprint density at radius 3 is 2.60 bits per heavy atom. The fourth-order valence-corrected chi connectivity index (χ4v) is 2.05. The van der Waals surface area contributed by atoms with E-state index in [1.807, 2.05) is 36.4 Å². The molecule has 0 saturated carbocycles. The lowest BCUT2D eigenvalue weighted by Gasteiger charge is -2.08. The summed E-state index contributed by atoms with van der Waals surface area (Å²) < 4.78 is 5.98. The molecule has 0 atom stereocenters. The highest BCUT2D eigenvalue weighted by molar-refractivity contribution is 9.10. The van der Waals surface area contributed by atoms with E-state index in [0.717, 1.165) is 21.2 Å². The van der Waals surface area contributed by atoms with E-state index in [2.05, 4.69) is 20.9 Å². The molecule has 0 aliphatic carbocycles. The monoisotopic (exact) mass is 331 g/mol. The third-order valence-electron chi connectivity index (χ3n) is 2.68. The molecular formula is C16H14BrNO2. The third kappa shape index (κ3) is 3.78. The fraction of sp³-hybridized carbons (Fsp3) is 0.125. The number of nitrogens with zero attached hydrogens (tertiary/aromatic N) is 1. The molecule has 2 rings (SSSR count). The molecule has 0 amide bonds. The van der Waals surface area contributed by atoms with Gasteiger partial charge in [-0.05, 0) is 36.3 Å². The minimum absolute atomic E-state index is 0.353. The van der Waals surface area contributed by atoms with Gasteiger partial charge in [-0.3, -0.25) is 4.98 Å². The highest BCUT2D eigenvalue weighted by Crippen LogP contribution is 2.24. The second-order valence-corrected chi connectivity index (χ2v) is 4.97. The quantitative estimate of drug-likeness (QED) is 0.631. The second kappa shape index (κ2) is 7.01. The van der Waals surface area contributed by atoms with Gasteiger partial charge in [0.15, 0.2) is 0 Å². The summed E-state index contributed by atoms with van der Waals surface area (Å²) in [5.74, 6) is -0.353. The van der Waals surface area contributed by atoms with Crippen molar-refractivity contribution in [3.05, 3.63) is 70.5 Å². The van der Waals surface area contributed by atoms with Crippen LogP contribution in [0.4, 0.5) is 0 Å². The molecule has 0 radical (unpaired) electrons. The van der Waals surface area contributed by atoms with E-state index in [1.54, 1.807) is 19.3 Å².